The molecule has 0 bridgehead atoms. The fourth-order valence-electron chi connectivity index (χ4n) is 2.08. The van der Waals surface area contributed by atoms with Crippen LogP contribution in [0.4, 0.5) is 0 Å². The van der Waals surface area contributed by atoms with Crippen LogP contribution in [0.5, 0.6) is 0 Å². The van der Waals surface area contributed by atoms with Crippen LogP contribution >= 0.6 is 15.9 Å². The van der Waals surface area contributed by atoms with Crippen LogP contribution in [0.3, 0.4) is 0 Å². The van der Waals surface area contributed by atoms with Gasteiger partial charge in [-0.25, -0.2) is 4.98 Å². The number of aromatic nitrogens is 2. The highest BCUT2D eigenvalue weighted by Crippen LogP contribution is 2.21. The molecule has 1 heterocycles. The van der Waals surface area contributed by atoms with E-state index in [9.17, 15) is 0 Å². The molecule has 0 saturated carbocycles. The molecule has 0 atom stereocenters. The van der Waals surface area contributed by atoms with Crippen molar-refractivity contribution < 1.29 is 0 Å². The molecule has 3 aromatic rings. The summed E-state index contributed by atoms with van der Waals surface area (Å²) < 4.78 is 3.25. The zero-order valence-corrected chi connectivity index (χ0v) is 11.9. The molecule has 0 N–H and O–H groups in total. The van der Waals surface area contributed by atoms with Gasteiger partial charge in [-0.05, 0) is 17.7 Å². The Kier molecular flexibility index (Phi) is 3.47. The van der Waals surface area contributed by atoms with Crippen LogP contribution in [0.25, 0.3) is 11.4 Å². The number of hydrogen-bond donors (Lipinski definition) is 0. The maximum atomic E-state index is 4.46. The van der Waals surface area contributed by atoms with Gasteiger partial charge in [0.1, 0.15) is 5.82 Å². The van der Waals surface area contributed by atoms with Crippen molar-refractivity contribution >= 4 is 15.9 Å². The summed E-state index contributed by atoms with van der Waals surface area (Å²) in [6, 6.07) is 18.6. The highest BCUT2D eigenvalue weighted by molar-refractivity contribution is 9.10. The topological polar surface area (TPSA) is 17.8 Å². The van der Waals surface area contributed by atoms with Crippen molar-refractivity contribution in [2.24, 2.45) is 0 Å². The minimum Gasteiger partial charge on any atom is -0.327 e. The van der Waals surface area contributed by atoms with E-state index in [4.69, 9.17) is 0 Å². The summed E-state index contributed by atoms with van der Waals surface area (Å²) in [5.74, 6) is 0.997. The number of rotatable bonds is 3. The summed E-state index contributed by atoms with van der Waals surface area (Å²) >= 11 is 3.45. The Labute approximate surface area is 120 Å². The molecular weight excluding hydrogens is 300 g/mol. The van der Waals surface area contributed by atoms with Crippen molar-refractivity contribution in [3.8, 4) is 11.4 Å². The lowest BCUT2D eigenvalue weighted by Gasteiger charge is -2.08. The molecule has 2 nitrogen and oxygen atoms in total. The van der Waals surface area contributed by atoms with E-state index in [1.54, 1.807) is 0 Å². The Bertz CT molecular complexity index is 657. The highest BCUT2D eigenvalue weighted by Gasteiger charge is 2.06. The van der Waals surface area contributed by atoms with E-state index in [2.05, 4.69) is 61.9 Å². The van der Waals surface area contributed by atoms with Crippen LogP contribution in [-0.2, 0) is 6.54 Å². The lowest BCUT2D eigenvalue weighted by atomic mass is 10.2. The van der Waals surface area contributed by atoms with E-state index in [1.807, 2.05) is 30.6 Å². The van der Waals surface area contributed by atoms with Crippen LogP contribution in [0.15, 0.2) is 71.5 Å². The maximum absolute atomic E-state index is 4.46. The largest absolute Gasteiger partial charge is 0.327 e. The second kappa shape index (κ2) is 5.41. The van der Waals surface area contributed by atoms with E-state index in [0.29, 0.717) is 0 Å². The molecule has 2 aromatic carbocycles. The van der Waals surface area contributed by atoms with Gasteiger partial charge in [-0.2, -0.15) is 0 Å². The van der Waals surface area contributed by atoms with E-state index < -0.39 is 0 Å². The number of imidazole rings is 1. The predicted octanol–water partition coefficient (Wildman–Crippen LogP) is 4.36. The molecule has 3 heteroatoms. The molecule has 0 radical (unpaired) electrons. The standard InChI is InChI=1S/C16H13BrN2/c17-15-8-6-14(7-9-15)16-18-10-11-19(16)12-13-4-2-1-3-5-13/h1-11H,12H2. The zero-order valence-electron chi connectivity index (χ0n) is 10.3. The summed E-state index contributed by atoms with van der Waals surface area (Å²) in [5, 5.41) is 0. The zero-order chi connectivity index (χ0) is 13.1. The van der Waals surface area contributed by atoms with E-state index in [-0.39, 0.29) is 0 Å². The Morgan fingerprint density at radius 3 is 2.42 bits per heavy atom. The van der Waals surface area contributed by atoms with E-state index >= 15 is 0 Å². The molecule has 0 amide bonds. The second-order valence-electron chi connectivity index (χ2n) is 4.37. The minimum absolute atomic E-state index is 0.840. The van der Waals surface area contributed by atoms with Crippen LogP contribution in [-0.4, -0.2) is 9.55 Å². The first-order chi connectivity index (χ1) is 9.33. The van der Waals surface area contributed by atoms with Crippen molar-refractivity contribution in [3.63, 3.8) is 0 Å². The fourth-order valence-corrected chi connectivity index (χ4v) is 2.34. The van der Waals surface area contributed by atoms with Gasteiger partial charge in [0.25, 0.3) is 0 Å². The third-order valence-corrected chi connectivity index (χ3v) is 3.54. The van der Waals surface area contributed by atoms with Crippen molar-refractivity contribution in [3.05, 3.63) is 77.0 Å². The van der Waals surface area contributed by atoms with Gasteiger partial charge in [-0.15, -0.1) is 0 Å². The quantitative estimate of drug-likeness (QED) is 0.702. The molecular formula is C16H13BrN2. The third kappa shape index (κ3) is 2.76. The van der Waals surface area contributed by atoms with Gasteiger partial charge in [0.2, 0.25) is 0 Å². The van der Waals surface area contributed by atoms with Crippen molar-refractivity contribution in [1.29, 1.82) is 0 Å². The van der Waals surface area contributed by atoms with Crippen LogP contribution in [0.2, 0.25) is 0 Å². The lowest BCUT2D eigenvalue weighted by molar-refractivity contribution is 0.807. The number of hydrogen-bond acceptors (Lipinski definition) is 1. The minimum atomic E-state index is 0.840. The number of benzene rings is 2. The monoisotopic (exact) mass is 312 g/mol. The third-order valence-electron chi connectivity index (χ3n) is 3.01. The van der Waals surface area contributed by atoms with Crippen LogP contribution < -0.4 is 0 Å². The molecule has 0 saturated heterocycles. The van der Waals surface area contributed by atoms with E-state index in [0.717, 1.165) is 22.4 Å². The SMILES string of the molecule is Brc1ccc(-c2nccn2Cc2ccccc2)cc1. The Morgan fingerprint density at radius 2 is 1.68 bits per heavy atom. The fraction of sp³-hybridized carbons (Fsp3) is 0.0625. The molecule has 1 aromatic heterocycles. The van der Waals surface area contributed by atoms with Gasteiger partial charge in [0.05, 0.1) is 0 Å². The molecule has 0 aliphatic carbocycles. The molecule has 0 spiro atoms. The van der Waals surface area contributed by atoms with Crippen LogP contribution in [0, 0.1) is 0 Å². The molecule has 0 unspecified atom stereocenters. The normalized spacial score (nSPS) is 10.6. The average molecular weight is 313 g/mol. The first kappa shape index (κ1) is 12.2. The molecule has 94 valence electrons. The molecule has 0 aliphatic heterocycles. The molecule has 3 rings (SSSR count). The van der Waals surface area contributed by atoms with Crippen molar-refractivity contribution in [2.75, 3.05) is 0 Å². The van der Waals surface area contributed by atoms with Gasteiger partial charge < -0.3 is 4.57 Å². The Hall–Kier alpha value is -1.87. The van der Waals surface area contributed by atoms with Crippen LogP contribution in [0.1, 0.15) is 5.56 Å². The number of halogens is 1. The molecule has 19 heavy (non-hydrogen) atoms. The summed E-state index contributed by atoms with van der Waals surface area (Å²) in [6.07, 6.45) is 3.87. The Balaban J connectivity index is 1.92. The van der Waals surface area contributed by atoms with Crippen molar-refractivity contribution in [1.82, 2.24) is 9.55 Å². The predicted molar refractivity (Wildman–Crippen MR) is 80.9 cm³/mol. The second-order valence-corrected chi connectivity index (χ2v) is 5.29. The molecule has 0 aliphatic rings. The first-order valence-electron chi connectivity index (χ1n) is 6.14. The summed E-state index contributed by atoms with van der Waals surface area (Å²) in [4.78, 5) is 4.46. The van der Waals surface area contributed by atoms with Gasteiger partial charge in [-0.1, -0.05) is 58.4 Å². The highest BCUT2D eigenvalue weighted by atomic mass is 79.9. The first-order valence-corrected chi connectivity index (χ1v) is 6.93. The lowest BCUT2D eigenvalue weighted by Crippen LogP contribution is -2.00. The van der Waals surface area contributed by atoms with Gasteiger partial charge in [0.15, 0.2) is 0 Å². The maximum Gasteiger partial charge on any atom is 0.140 e. The average Bonchev–Trinajstić information content (AvgIpc) is 2.89. The molecule has 0 fully saturated rings. The van der Waals surface area contributed by atoms with Crippen molar-refractivity contribution in [2.45, 2.75) is 6.54 Å². The summed E-state index contributed by atoms with van der Waals surface area (Å²) in [6.45, 7) is 0.840. The number of nitrogens with zero attached hydrogens (tertiary/aromatic N) is 2. The van der Waals surface area contributed by atoms with E-state index in [1.165, 1.54) is 5.56 Å². The summed E-state index contributed by atoms with van der Waals surface area (Å²) in [5.41, 5.74) is 2.41. The smallest absolute Gasteiger partial charge is 0.140 e. The summed E-state index contributed by atoms with van der Waals surface area (Å²) in [7, 11) is 0. The Morgan fingerprint density at radius 1 is 0.947 bits per heavy atom. The van der Waals surface area contributed by atoms with Gasteiger partial charge in [0, 0.05) is 29.0 Å². The van der Waals surface area contributed by atoms with Gasteiger partial charge in [-0.3, -0.25) is 0 Å². The van der Waals surface area contributed by atoms with Gasteiger partial charge >= 0.3 is 0 Å².